The van der Waals surface area contributed by atoms with Crippen molar-refractivity contribution < 1.29 is 33.9 Å². The molecule has 20 nitrogen and oxygen atoms in total. The molecule has 7 aromatic rings. The largest absolute Gasteiger partial charge is 0.396 e. The van der Waals surface area contributed by atoms with Crippen molar-refractivity contribution >= 4 is 103 Å². The van der Waals surface area contributed by atoms with Crippen molar-refractivity contribution in [3.63, 3.8) is 0 Å². The molecule has 0 aromatic carbocycles. The molecular weight excluding hydrogens is 1030 g/mol. The highest BCUT2D eigenvalue weighted by Gasteiger charge is 2.31. The van der Waals surface area contributed by atoms with Crippen LogP contribution in [0.5, 0.6) is 0 Å². The molecule has 10 bridgehead atoms. The molecule has 370 valence electrons. The monoisotopic (exact) mass is 1070 g/mol. The zero-order chi connectivity index (χ0) is 50.5. The van der Waals surface area contributed by atoms with E-state index in [1.165, 1.54) is 75.1 Å². The fraction of sp³-hybridized carbons (Fsp3) is 0.356. The van der Waals surface area contributed by atoms with Gasteiger partial charge < -0.3 is 37.0 Å². The number of thiazole rings is 6. The number of hydrogen-bond donors (Lipinski definition) is 7. The molecule has 71 heavy (non-hydrogen) atoms. The molecule has 8 rings (SSSR count). The maximum absolute atomic E-state index is 14.1. The molecule has 0 saturated carbocycles. The molecule has 0 spiro atoms. The van der Waals surface area contributed by atoms with Gasteiger partial charge in [-0.15, -0.1) is 68.0 Å². The minimum atomic E-state index is -0.941. The average Bonchev–Trinajstić information content (AvgIpc) is 4.21. The molecule has 6 amide bonds. The highest BCUT2D eigenvalue weighted by Crippen LogP contribution is 2.39. The number of nitrogens with one attached hydrogen (secondary N) is 6. The lowest BCUT2D eigenvalue weighted by Gasteiger charge is -2.20. The number of pyridine rings is 1. The molecule has 3 atom stereocenters. The number of carbonyl (C=O) groups excluding carboxylic acids is 6. The second kappa shape index (κ2) is 22.4. The summed E-state index contributed by atoms with van der Waals surface area (Å²) in [5, 5.41) is 37.5. The predicted octanol–water partition coefficient (Wildman–Crippen LogP) is 6.20. The standard InChI is InChI=1S/C45H47N13O7S6/c1-19(2)32-44-55-29(18-70-44)42-51-25(14-67-42)35-22(8-9-23(49-35)41-53-26(15-68-41)36(62)47-10-7-11-59)40-52-28(17-66-40)38(64)50-24(12-30(60)46-6)43-58-34(21(5)71-43)39(65)57-33(20(3)4)45-54-27(16-69-45)37(63)48-13-31(61)56-32/h8-9,14-20,24,32-33,59H,7,10-13H2,1-6H3,(H,46,60)(H,47,62)(H,48,63)(H,50,64)(H,56,61)(H,57,65). The second-order valence-corrected chi connectivity index (χ2v) is 22.3. The van der Waals surface area contributed by atoms with Crippen molar-refractivity contribution in [1.29, 1.82) is 0 Å². The molecule has 0 saturated heterocycles. The van der Waals surface area contributed by atoms with E-state index in [9.17, 15) is 28.8 Å². The van der Waals surface area contributed by atoms with E-state index >= 15 is 0 Å². The van der Waals surface area contributed by atoms with Gasteiger partial charge in [-0.25, -0.2) is 34.9 Å². The third-order valence-electron chi connectivity index (χ3n) is 10.9. The Labute approximate surface area is 430 Å². The van der Waals surface area contributed by atoms with Gasteiger partial charge in [-0.1, -0.05) is 27.7 Å². The zero-order valence-corrected chi connectivity index (χ0v) is 43.8. The fourth-order valence-corrected chi connectivity index (χ4v) is 12.5. The van der Waals surface area contributed by atoms with Crippen LogP contribution >= 0.6 is 68.0 Å². The number of aryl methyl sites for hydroxylation is 1. The molecule has 1 aliphatic rings. The summed E-state index contributed by atoms with van der Waals surface area (Å²) in [6.45, 7) is 9.35. The van der Waals surface area contributed by atoms with Crippen molar-refractivity contribution in [2.24, 2.45) is 11.8 Å². The topological polar surface area (TPSA) is 285 Å². The van der Waals surface area contributed by atoms with E-state index in [-0.39, 0.29) is 66.0 Å². The third kappa shape index (κ3) is 11.7. The third-order valence-corrected chi connectivity index (χ3v) is 16.4. The van der Waals surface area contributed by atoms with Gasteiger partial charge in [-0.3, -0.25) is 28.8 Å². The molecule has 26 heteroatoms. The first-order valence-corrected chi connectivity index (χ1v) is 27.4. The van der Waals surface area contributed by atoms with Gasteiger partial charge in [0.1, 0.15) is 69.9 Å². The number of amides is 6. The molecule has 7 aromatic heterocycles. The number of aliphatic hydroxyl groups excluding tert-OH is 1. The number of aliphatic hydroxyl groups is 1. The molecule has 0 radical (unpaired) electrons. The first-order chi connectivity index (χ1) is 34.1. The normalized spacial score (nSPS) is 16.8. The van der Waals surface area contributed by atoms with Gasteiger partial charge in [0.15, 0.2) is 0 Å². The number of hydrogen-bond acceptors (Lipinski definition) is 20. The van der Waals surface area contributed by atoms with Gasteiger partial charge in [0, 0.05) is 57.5 Å². The average molecular weight is 1070 g/mol. The molecule has 8 heterocycles. The summed E-state index contributed by atoms with van der Waals surface area (Å²) in [4.78, 5) is 114. The number of nitrogens with zero attached hydrogens (tertiary/aromatic N) is 7. The predicted molar refractivity (Wildman–Crippen MR) is 274 cm³/mol. The van der Waals surface area contributed by atoms with E-state index in [4.69, 9.17) is 25.0 Å². The van der Waals surface area contributed by atoms with E-state index in [0.717, 1.165) is 0 Å². The van der Waals surface area contributed by atoms with E-state index in [1.807, 2.05) is 38.5 Å². The Morgan fingerprint density at radius 1 is 0.676 bits per heavy atom. The molecule has 3 unspecified atom stereocenters. The summed E-state index contributed by atoms with van der Waals surface area (Å²) >= 11 is 7.50. The van der Waals surface area contributed by atoms with Crippen molar-refractivity contribution in [1.82, 2.24) is 66.8 Å². The minimum absolute atomic E-state index is 0.0606. The molecule has 7 N–H and O–H groups in total. The van der Waals surface area contributed by atoms with Crippen LogP contribution in [0.3, 0.4) is 0 Å². The van der Waals surface area contributed by atoms with Crippen molar-refractivity contribution in [3.8, 4) is 43.4 Å². The molecule has 0 fully saturated rings. The Morgan fingerprint density at radius 2 is 1.31 bits per heavy atom. The highest BCUT2D eigenvalue weighted by molar-refractivity contribution is 7.15. The quantitative estimate of drug-likeness (QED) is 0.0793. The van der Waals surface area contributed by atoms with Crippen LogP contribution < -0.4 is 31.9 Å². The van der Waals surface area contributed by atoms with Gasteiger partial charge in [-0.2, -0.15) is 0 Å². The first kappa shape index (κ1) is 51.1. The maximum Gasteiger partial charge on any atom is 0.271 e. The van der Waals surface area contributed by atoms with E-state index in [1.54, 1.807) is 35.2 Å². The summed E-state index contributed by atoms with van der Waals surface area (Å²) in [6, 6.07) is 1.50. The number of aromatic nitrogens is 7. The van der Waals surface area contributed by atoms with Crippen LogP contribution in [-0.2, 0) is 9.59 Å². The van der Waals surface area contributed by atoms with Crippen LogP contribution in [0.25, 0.3) is 43.4 Å². The summed E-state index contributed by atoms with van der Waals surface area (Å²) in [5.74, 6) is -3.08. The summed E-state index contributed by atoms with van der Waals surface area (Å²) in [6.07, 6.45) is 0.219. The molecular formula is C45H47N13O7S6. The highest BCUT2D eigenvalue weighted by atomic mass is 32.1. The van der Waals surface area contributed by atoms with Crippen LogP contribution in [0, 0.1) is 18.8 Å². The lowest BCUT2D eigenvalue weighted by molar-refractivity contribution is -0.122. The number of fused-ring (bicyclic) bond motifs is 14. The lowest BCUT2D eigenvalue weighted by atomic mass is 10.0. The van der Waals surface area contributed by atoms with E-state index in [2.05, 4.69) is 46.9 Å². The van der Waals surface area contributed by atoms with Gasteiger partial charge >= 0.3 is 0 Å². The number of rotatable bonds is 9. The summed E-state index contributed by atoms with van der Waals surface area (Å²) < 4.78 is 0. The van der Waals surface area contributed by atoms with Gasteiger partial charge in [0.05, 0.1) is 36.8 Å². The second-order valence-electron chi connectivity index (χ2n) is 16.7. The van der Waals surface area contributed by atoms with Gasteiger partial charge in [0.25, 0.3) is 23.6 Å². The van der Waals surface area contributed by atoms with Crippen molar-refractivity contribution in [2.45, 2.75) is 65.6 Å². The summed E-state index contributed by atoms with van der Waals surface area (Å²) in [7, 11) is 1.48. The Kier molecular flexibility index (Phi) is 16.1. The smallest absolute Gasteiger partial charge is 0.271 e. The molecule has 0 aliphatic carbocycles. The Bertz CT molecular complexity index is 3110. The van der Waals surface area contributed by atoms with Crippen LogP contribution in [0.2, 0.25) is 0 Å². The van der Waals surface area contributed by atoms with E-state index < -0.39 is 41.8 Å². The van der Waals surface area contributed by atoms with E-state index in [0.29, 0.717) is 76.2 Å². The summed E-state index contributed by atoms with van der Waals surface area (Å²) in [5.41, 5.74) is 2.92. The maximum atomic E-state index is 14.1. The Balaban J connectivity index is 1.18. The fourth-order valence-electron chi connectivity index (χ4n) is 7.09. The SMILES string of the molecule is CNC(=O)CC1NC(=O)c2csc(n2)-c2ccc(-c3nc(C(=O)NCCCO)cs3)nc2-c2csc(n2)-c2csc(n2)C(C(C)C)NC(=O)CNC(=O)c2csc(n2)C(C(C)C)NC(=O)c2nc1sc2C. The molecule has 1 aliphatic heterocycles. The zero-order valence-electron chi connectivity index (χ0n) is 38.9. The van der Waals surface area contributed by atoms with Crippen molar-refractivity contribution in [2.75, 3.05) is 26.7 Å². The first-order valence-electron chi connectivity index (χ1n) is 22.2. The Morgan fingerprint density at radius 3 is 2.04 bits per heavy atom. The van der Waals surface area contributed by atoms with Crippen LogP contribution in [-0.4, -0.2) is 102 Å². The van der Waals surface area contributed by atoms with Crippen LogP contribution in [0.15, 0.2) is 39.0 Å². The van der Waals surface area contributed by atoms with Crippen LogP contribution in [0.4, 0.5) is 0 Å². The lowest BCUT2D eigenvalue weighted by Crippen LogP contribution is -2.40. The Hall–Kier alpha value is -6.29. The number of carbonyl (C=O) groups is 6. The van der Waals surface area contributed by atoms with Crippen molar-refractivity contribution in [3.05, 3.63) is 81.7 Å². The minimum Gasteiger partial charge on any atom is -0.396 e. The van der Waals surface area contributed by atoms with Crippen LogP contribution in [0.1, 0.15) is 121 Å². The van der Waals surface area contributed by atoms with Gasteiger partial charge in [-0.05, 0) is 37.3 Å². The van der Waals surface area contributed by atoms with Gasteiger partial charge in [0.2, 0.25) is 11.8 Å².